The summed E-state index contributed by atoms with van der Waals surface area (Å²) < 4.78 is 0. The van der Waals surface area contributed by atoms with Crippen LogP contribution in [0.1, 0.15) is 35.2 Å². The fourth-order valence-electron chi connectivity index (χ4n) is 1.99. The highest BCUT2D eigenvalue weighted by Crippen LogP contribution is 2.21. The average molecular weight is 290 g/mol. The van der Waals surface area contributed by atoms with Crippen molar-refractivity contribution >= 4 is 17.0 Å². The van der Waals surface area contributed by atoms with Crippen LogP contribution in [-0.4, -0.2) is 4.92 Å². The van der Waals surface area contributed by atoms with E-state index in [-0.39, 0.29) is 16.7 Å². The number of thiophene rings is 1. The van der Waals surface area contributed by atoms with Gasteiger partial charge >= 0.3 is 0 Å². The molecule has 1 atom stereocenters. The number of benzene rings is 1. The molecule has 1 heterocycles. The van der Waals surface area contributed by atoms with Crippen molar-refractivity contribution in [2.45, 2.75) is 32.9 Å². The lowest BCUT2D eigenvalue weighted by atomic mass is 10.1. The summed E-state index contributed by atoms with van der Waals surface area (Å²) in [5.74, 6) is 0. The van der Waals surface area contributed by atoms with E-state index >= 15 is 0 Å². The highest BCUT2D eigenvalue weighted by molar-refractivity contribution is 7.11. The van der Waals surface area contributed by atoms with Crippen molar-refractivity contribution in [3.05, 3.63) is 61.8 Å². The molecule has 106 valence electrons. The van der Waals surface area contributed by atoms with Gasteiger partial charge in [0.1, 0.15) is 0 Å². The molecule has 4 nitrogen and oxygen atoms in total. The number of non-ortho nitro benzene ring substituents is 1. The molecule has 0 aliphatic carbocycles. The summed E-state index contributed by atoms with van der Waals surface area (Å²) >= 11 is 1.81. The van der Waals surface area contributed by atoms with Gasteiger partial charge < -0.3 is 5.32 Å². The molecule has 0 amide bonds. The molecule has 0 spiro atoms. The minimum Gasteiger partial charge on any atom is -0.305 e. The molecule has 5 heteroatoms. The van der Waals surface area contributed by atoms with E-state index in [1.807, 2.05) is 24.3 Å². The summed E-state index contributed by atoms with van der Waals surface area (Å²) in [7, 11) is 0. The van der Waals surface area contributed by atoms with Crippen LogP contribution in [0, 0.1) is 10.1 Å². The van der Waals surface area contributed by atoms with Gasteiger partial charge in [0.25, 0.3) is 5.69 Å². The minimum atomic E-state index is -0.358. The Bertz CT molecular complexity index is 595. The second-order valence-corrected chi connectivity index (χ2v) is 5.93. The van der Waals surface area contributed by atoms with Crippen LogP contribution < -0.4 is 5.32 Å². The van der Waals surface area contributed by atoms with Crippen molar-refractivity contribution in [1.82, 2.24) is 5.32 Å². The molecule has 2 rings (SSSR count). The Kier molecular flexibility index (Phi) is 4.87. The smallest absolute Gasteiger partial charge is 0.269 e. The topological polar surface area (TPSA) is 55.2 Å². The van der Waals surface area contributed by atoms with E-state index in [1.54, 1.807) is 12.1 Å². The fraction of sp³-hybridized carbons (Fsp3) is 0.333. The van der Waals surface area contributed by atoms with Gasteiger partial charge in [-0.2, -0.15) is 0 Å². The predicted molar refractivity (Wildman–Crippen MR) is 82.0 cm³/mol. The van der Waals surface area contributed by atoms with E-state index in [0.717, 1.165) is 18.5 Å². The molecule has 2 aromatic rings. The van der Waals surface area contributed by atoms with Crippen LogP contribution in [0.4, 0.5) is 5.69 Å². The second-order valence-electron chi connectivity index (χ2n) is 4.68. The standard InChI is InChI=1S/C15H18N2O2S/c1-3-14-7-8-15(20-14)10-16-11(2)12-5-4-6-13(9-12)17(18)19/h4-9,11,16H,3,10H2,1-2H3. The first kappa shape index (κ1) is 14.7. The summed E-state index contributed by atoms with van der Waals surface area (Å²) in [6.45, 7) is 4.96. The Morgan fingerprint density at radius 3 is 2.70 bits per heavy atom. The Hall–Kier alpha value is -1.72. The maximum atomic E-state index is 10.8. The molecule has 0 saturated carbocycles. The van der Waals surface area contributed by atoms with Crippen LogP contribution in [0.15, 0.2) is 36.4 Å². The van der Waals surface area contributed by atoms with Crippen molar-refractivity contribution in [3.8, 4) is 0 Å². The fourth-order valence-corrected chi connectivity index (χ4v) is 2.90. The zero-order valence-electron chi connectivity index (χ0n) is 11.6. The summed E-state index contributed by atoms with van der Waals surface area (Å²) in [6, 6.07) is 11.2. The number of nitrogens with one attached hydrogen (secondary N) is 1. The van der Waals surface area contributed by atoms with Crippen LogP contribution >= 0.6 is 11.3 Å². The molecule has 0 saturated heterocycles. The van der Waals surface area contributed by atoms with E-state index in [2.05, 4.69) is 24.4 Å². The molecule has 0 bridgehead atoms. The van der Waals surface area contributed by atoms with E-state index in [4.69, 9.17) is 0 Å². The maximum absolute atomic E-state index is 10.8. The molecule has 1 aromatic heterocycles. The van der Waals surface area contributed by atoms with Gasteiger partial charge in [-0.3, -0.25) is 10.1 Å². The first-order valence-corrected chi connectivity index (χ1v) is 7.47. The van der Waals surface area contributed by atoms with E-state index in [9.17, 15) is 10.1 Å². The highest BCUT2D eigenvalue weighted by atomic mass is 32.1. The third kappa shape index (κ3) is 3.65. The molecular formula is C15H18N2O2S. The van der Waals surface area contributed by atoms with Gasteiger partial charge in [0, 0.05) is 34.5 Å². The Balaban J connectivity index is 1.99. The zero-order valence-corrected chi connectivity index (χ0v) is 12.4. The SMILES string of the molecule is CCc1ccc(CNC(C)c2cccc([N+](=O)[O-])c2)s1. The third-order valence-corrected chi connectivity index (χ3v) is 4.46. The summed E-state index contributed by atoms with van der Waals surface area (Å²) in [5.41, 5.74) is 1.08. The third-order valence-electron chi connectivity index (χ3n) is 3.23. The van der Waals surface area contributed by atoms with Gasteiger partial charge in [-0.05, 0) is 31.0 Å². The minimum absolute atomic E-state index is 0.0853. The van der Waals surface area contributed by atoms with Crippen LogP contribution in [-0.2, 0) is 13.0 Å². The van der Waals surface area contributed by atoms with Gasteiger partial charge in [0.2, 0.25) is 0 Å². The normalized spacial score (nSPS) is 12.3. The Morgan fingerprint density at radius 1 is 1.30 bits per heavy atom. The number of nitro groups is 1. The molecule has 0 aliphatic heterocycles. The lowest BCUT2D eigenvalue weighted by molar-refractivity contribution is -0.384. The number of aryl methyl sites for hydroxylation is 1. The van der Waals surface area contributed by atoms with Gasteiger partial charge in [-0.15, -0.1) is 11.3 Å². The molecule has 1 unspecified atom stereocenters. The number of nitrogens with zero attached hydrogens (tertiary/aromatic N) is 1. The number of nitro benzene ring substituents is 1. The number of hydrogen-bond acceptors (Lipinski definition) is 4. The predicted octanol–water partition coefficient (Wildman–Crippen LogP) is 4.07. The van der Waals surface area contributed by atoms with Crippen LogP contribution in [0.3, 0.4) is 0 Å². The second kappa shape index (κ2) is 6.63. The molecule has 0 aliphatic rings. The van der Waals surface area contributed by atoms with Crippen LogP contribution in [0.2, 0.25) is 0 Å². The van der Waals surface area contributed by atoms with Crippen molar-refractivity contribution in [1.29, 1.82) is 0 Å². The van der Waals surface area contributed by atoms with E-state index in [0.29, 0.717) is 0 Å². The Labute approximate surface area is 122 Å². The monoisotopic (exact) mass is 290 g/mol. The maximum Gasteiger partial charge on any atom is 0.269 e. The van der Waals surface area contributed by atoms with Gasteiger partial charge in [-0.1, -0.05) is 19.1 Å². The number of rotatable bonds is 6. The summed E-state index contributed by atoms with van der Waals surface area (Å²) in [6.07, 6.45) is 1.06. The molecule has 0 fully saturated rings. The highest BCUT2D eigenvalue weighted by Gasteiger charge is 2.10. The largest absolute Gasteiger partial charge is 0.305 e. The van der Waals surface area contributed by atoms with E-state index in [1.165, 1.54) is 15.8 Å². The molecule has 1 aromatic carbocycles. The van der Waals surface area contributed by atoms with Crippen molar-refractivity contribution < 1.29 is 4.92 Å². The summed E-state index contributed by atoms with van der Waals surface area (Å²) in [5, 5.41) is 14.2. The first-order chi connectivity index (χ1) is 9.60. The molecule has 1 N–H and O–H groups in total. The van der Waals surface area contributed by atoms with Gasteiger partial charge in [-0.25, -0.2) is 0 Å². The van der Waals surface area contributed by atoms with Gasteiger partial charge in [0.05, 0.1) is 4.92 Å². The lowest BCUT2D eigenvalue weighted by Crippen LogP contribution is -2.17. The van der Waals surface area contributed by atoms with Crippen LogP contribution in [0.5, 0.6) is 0 Å². The number of hydrogen-bond donors (Lipinski definition) is 1. The molecular weight excluding hydrogens is 272 g/mol. The van der Waals surface area contributed by atoms with E-state index < -0.39 is 0 Å². The van der Waals surface area contributed by atoms with Crippen molar-refractivity contribution in [2.24, 2.45) is 0 Å². The molecule has 0 radical (unpaired) electrons. The molecule has 20 heavy (non-hydrogen) atoms. The van der Waals surface area contributed by atoms with Crippen molar-refractivity contribution in [2.75, 3.05) is 0 Å². The van der Waals surface area contributed by atoms with Crippen LogP contribution in [0.25, 0.3) is 0 Å². The Morgan fingerprint density at radius 2 is 2.05 bits per heavy atom. The quantitative estimate of drug-likeness (QED) is 0.644. The first-order valence-electron chi connectivity index (χ1n) is 6.65. The average Bonchev–Trinajstić information content (AvgIpc) is 2.93. The zero-order chi connectivity index (χ0) is 14.5. The van der Waals surface area contributed by atoms with Gasteiger partial charge in [0.15, 0.2) is 0 Å². The summed E-state index contributed by atoms with van der Waals surface area (Å²) in [4.78, 5) is 13.1. The van der Waals surface area contributed by atoms with Crippen molar-refractivity contribution in [3.63, 3.8) is 0 Å². The lowest BCUT2D eigenvalue weighted by Gasteiger charge is -2.13.